The van der Waals surface area contributed by atoms with Crippen molar-refractivity contribution < 1.29 is 28.6 Å². The first kappa shape index (κ1) is 63.3. The molecule has 6 nitrogen and oxygen atoms in total. The molecule has 382 valence electrons. The quantitative estimate of drug-likeness (QED) is 0.0262. The van der Waals surface area contributed by atoms with Gasteiger partial charge in [-0.1, -0.05) is 234 Å². The van der Waals surface area contributed by atoms with Crippen LogP contribution in [-0.2, 0) is 28.6 Å². The predicted octanol–water partition coefficient (Wildman–Crippen LogP) is 18.5. The summed E-state index contributed by atoms with van der Waals surface area (Å²) in [7, 11) is 0. The number of unbranched alkanes of at least 4 members (excludes halogenated alkanes) is 22. The third kappa shape index (κ3) is 53.2. The minimum atomic E-state index is -0.812. The Labute approximate surface area is 413 Å². The highest BCUT2D eigenvalue weighted by Gasteiger charge is 2.19. The molecule has 0 aromatic carbocycles. The molecular weight excluding hydrogens is 829 g/mol. The molecule has 0 unspecified atom stereocenters. The maximum absolute atomic E-state index is 12.8. The summed E-state index contributed by atoms with van der Waals surface area (Å²) in [6.45, 7) is 6.44. The lowest BCUT2D eigenvalue weighted by Crippen LogP contribution is -2.30. The highest BCUT2D eigenvalue weighted by atomic mass is 16.6. The average molecular weight is 931 g/mol. The standard InChI is InChI=1S/C61H102O6/c1-4-7-10-13-16-19-22-25-27-29-30-32-33-36-39-42-45-48-51-54-60(63)66-57-58(56-65-59(62)53-50-47-44-41-38-35-24-21-18-15-12-9-6-3)67-61(64)55-52-49-46-43-40-37-34-31-28-26-23-20-17-14-11-8-5-2/h8,11,16-17,19-20,25-28,30,32,34,37,43,46,58H,4-7,9-10,12-15,18,21-24,29,31,33,35-36,38-42,44-45,47-57H2,1-3H3/b11-8-,19-16-,20-17-,27-25-,28-26-,32-30-,37-34-,46-43-/t58-/m1/s1. The minimum absolute atomic E-state index is 0.103. The second-order valence-electron chi connectivity index (χ2n) is 18.1. The van der Waals surface area contributed by atoms with Crippen molar-refractivity contribution in [2.45, 2.75) is 258 Å². The molecule has 0 bridgehead atoms. The zero-order valence-corrected chi connectivity index (χ0v) is 43.6. The monoisotopic (exact) mass is 931 g/mol. The summed E-state index contributed by atoms with van der Waals surface area (Å²) >= 11 is 0. The van der Waals surface area contributed by atoms with E-state index in [4.69, 9.17) is 14.2 Å². The molecule has 0 N–H and O–H groups in total. The minimum Gasteiger partial charge on any atom is -0.462 e. The molecule has 0 aliphatic heterocycles. The van der Waals surface area contributed by atoms with E-state index in [0.29, 0.717) is 19.3 Å². The van der Waals surface area contributed by atoms with Gasteiger partial charge in [-0.3, -0.25) is 14.4 Å². The molecule has 0 spiro atoms. The van der Waals surface area contributed by atoms with Crippen LogP contribution in [0.25, 0.3) is 0 Å². The van der Waals surface area contributed by atoms with E-state index in [2.05, 4.69) is 118 Å². The lowest BCUT2D eigenvalue weighted by atomic mass is 10.0. The Morgan fingerprint density at radius 1 is 0.313 bits per heavy atom. The first-order valence-electron chi connectivity index (χ1n) is 27.7. The van der Waals surface area contributed by atoms with Gasteiger partial charge in [0.2, 0.25) is 0 Å². The first-order chi connectivity index (χ1) is 33.0. The fourth-order valence-electron chi connectivity index (χ4n) is 7.43. The normalized spacial score (nSPS) is 12.8. The number of hydrogen-bond donors (Lipinski definition) is 0. The van der Waals surface area contributed by atoms with E-state index >= 15 is 0 Å². The van der Waals surface area contributed by atoms with E-state index in [1.54, 1.807) is 0 Å². The number of allylic oxidation sites excluding steroid dienone is 16. The van der Waals surface area contributed by atoms with Crippen LogP contribution in [0.3, 0.4) is 0 Å². The van der Waals surface area contributed by atoms with Crippen LogP contribution < -0.4 is 0 Å². The summed E-state index contributed by atoms with van der Waals surface area (Å²) < 4.78 is 16.8. The third-order valence-corrected chi connectivity index (χ3v) is 11.6. The van der Waals surface area contributed by atoms with Crippen molar-refractivity contribution in [1.82, 2.24) is 0 Å². The van der Waals surface area contributed by atoms with Gasteiger partial charge in [-0.2, -0.15) is 0 Å². The van der Waals surface area contributed by atoms with Crippen molar-refractivity contribution in [1.29, 1.82) is 0 Å². The van der Waals surface area contributed by atoms with Gasteiger partial charge >= 0.3 is 17.9 Å². The molecule has 0 saturated carbocycles. The van der Waals surface area contributed by atoms with Crippen LogP contribution in [0.5, 0.6) is 0 Å². The third-order valence-electron chi connectivity index (χ3n) is 11.6. The van der Waals surface area contributed by atoms with Crippen molar-refractivity contribution in [3.05, 3.63) is 97.2 Å². The van der Waals surface area contributed by atoms with E-state index in [0.717, 1.165) is 103 Å². The van der Waals surface area contributed by atoms with E-state index in [9.17, 15) is 14.4 Å². The van der Waals surface area contributed by atoms with Gasteiger partial charge in [-0.05, 0) is 96.3 Å². The Morgan fingerprint density at radius 2 is 0.597 bits per heavy atom. The van der Waals surface area contributed by atoms with E-state index in [1.165, 1.54) is 103 Å². The van der Waals surface area contributed by atoms with E-state index in [1.807, 2.05) is 0 Å². The van der Waals surface area contributed by atoms with Gasteiger partial charge in [-0.25, -0.2) is 0 Å². The first-order valence-corrected chi connectivity index (χ1v) is 27.7. The molecule has 0 amide bonds. The molecule has 0 aliphatic rings. The lowest BCUT2D eigenvalue weighted by molar-refractivity contribution is -0.167. The molecule has 0 heterocycles. The Morgan fingerprint density at radius 3 is 0.985 bits per heavy atom. The van der Waals surface area contributed by atoms with Crippen molar-refractivity contribution in [3.8, 4) is 0 Å². The molecule has 0 aliphatic carbocycles. The van der Waals surface area contributed by atoms with Crippen molar-refractivity contribution in [3.63, 3.8) is 0 Å². The van der Waals surface area contributed by atoms with Crippen LogP contribution >= 0.6 is 0 Å². The molecule has 6 heteroatoms. The van der Waals surface area contributed by atoms with Gasteiger partial charge in [-0.15, -0.1) is 0 Å². The Hall–Kier alpha value is -3.67. The molecule has 0 saturated heterocycles. The topological polar surface area (TPSA) is 78.9 Å². The van der Waals surface area contributed by atoms with Gasteiger partial charge in [0.25, 0.3) is 0 Å². The molecular formula is C61H102O6. The van der Waals surface area contributed by atoms with E-state index < -0.39 is 6.10 Å². The highest BCUT2D eigenvalue weighted by molar-refractivity contribution is 5.71. The van der Waals surface area contributed by atoms with Crippen LogP contribution in [0.15, 0.2) is 97.2 Å². The van der Waals surface area contributed by atoms with Crippen LogP contribution in [-0.4, -0.2) is 37.2 Å². The molecule has 67 heavy (non-hydrogen) atoms. The van der Waals surface area contributed by atoms with Crippen molar-refractivity contribution in [2.75, 3.05) is 13.2 Å². The number of carbonyl (C=O) groups excluding carboxylic acids is 3. The second kappa shape index (κ2) is 54.9. The van der Waals surface area contributed by atoms with Crippen molar-refractivity contribution in [2.24, 2.45) is 0 Å². The molecule has 0 aromatic heterocycles. The second-order valence-corrected chi connectivity index (χ2v) is 18.1. The summed E-state index contributed by atoms with van der Waals surface area (Å²) in [6, 6.07) is 0. The van der Waals surface area contributed by atoms with Gasteiger partial charge in [0.1, 0.15) is 13.2 Å². The zero-order valence-electron chi connectivity index (χ0n) is 43.6. The summed E-state index contributed by atoms with van der Waals surface area (Å²) in [5.74, 6) is -0.973. The Kier molecular flexibility index (Phi) is 51.9. The van der Waals surface area contributed by atoms with E-state index in [-0.39, 0.29) is 37.5 Å². The SMILES string of the molecule is CC/C=C\C/C=C\C/C=C\C/C=C\C/C=C\CCCC(=O)O[C@@H](COC(=O)CCCCCCCC/C=C\C/C=C\C/C=C\CCCCC)COC(=O)CCCCCCCCCCCCCCC. The summed E-state index contributed by atoms with van der Waals surface area (Å²) in [6.07, 6.45) is 72.5. The van der Waals surface area contributed by atoms with Crippen LogP contribution in [0, 0.1) is 0 Å². The fourth-order valence-corrected chi connectivity index (χ4v) is 7.43. The maximum atomic E-state index is 12.8. The summed E-state index contributed by atoms with van der Waals surface area (Å²) in [5.41, 5.74) is 0. The molecule has 1 atom stereocenters. The molecule has 0 rings (SSSR count). The van der Waals surface area contributed by atoms with Gasteiger partial charge < -0.3 is 14.2 Å². The van der Waals surface area contributed by atoms with Gasteiger partial charge in [0, 0.05) is 19.3 Å². The average Bonchev–Trinajstić information content (AvgIpc) is 3.33. The van der Waals surface area contributed by atoms with Gasteiger partial charge in [0.05, 0.1) is 0 Å². The number of rotatable bonds is 49. The summed E-state index contributed by atoms with van der Waals surface area (Å²) in [5, 5.41) is 0. The molecule has 0 aromatic rings. The fraction of sp³-hybridized carbons (Fsp3) is 0.689. The molecule has 0 radical (unpaired) electrons. The predicted molar refractivity (Wildman–Crippen MR) is 288 cm³/mol. The zero-order chi connectivity index (χ0) is 48.6. The maximum Gasteiger partial charge on any atom is 0.306 e. The lowest BCUT2D eigenvalue weighted by Gasteiger charge is -2.18. The Bertz CT molecular complexity index is 1350. The largest absolute Gasteiger partial charge is 0.462 e. The van der Waals surface area contributed by atoms with Crippen LogP contribution in [0.4, 0.5) is 0 Å². The number of esters is 3. The number of ether oxygens (including phenoxy) is 3. The Balaban J connectivity index is 4.49. The summed E-state index contributed by atoms with van der Waals surface area (Å²) in [4.78, 5) is 38.1. The molecule has 0 fully saturated rings. The number of carbonyl (C=O) groups is 3. The van der Waals surface area contributed by atoms with Crippen LogP contribution in [0.2, 0.25) is 0 Å². The van der Waals surface area contributed by atoms with Crippen LogP contribution in [0.1, 0.15) is 252 Å². The smallest absolute Gasteiger partial charge is 0.306 e. The van der Waals surface area contributed by atoms with Gasteiger partial charge in [0.15, 0.2) is 6.10 Å². The van der Waals surface area contributed by atoms with Crippen molar-refractivity contribution >= 4 is 17.9 Å². The number of hydrogen-bond acceptors (Lipinski definition) is 6. The highest BCUT2D eigenvalue weighted by Crippen LogP contribution is 2.14.